The van der Waals surface area contributed by atoms with Gasteiger partial charge in [0.2, 0.25) is 11.4 Å². The molecule has 0 amide bonds. The van der Waals surface area contributed by atoms with Crippen molar-refractivity contribution in [3.05, 3.63) is 108 Å². The number of hydrogen-bond acceptors (Lipinski definition) is 3. The molecule has 0 bridgehead atoms. The SMILES string of the molecule is Cc1cc(-c2cccc[n+]2C)c2oc3nc(-c4ccc(-c5ccccc5)cc4)c(C#N)cc3c2c1. The number of aryl methyl sites for hydroxylation is 2. The van der Waals surface area contributed by atoms with E-state index in [1.165, 1.54) is 0 Å². The van der Waals surface area contributed by atoms with Gasteiger partial charge in [0.25, 0.3) is 0 Å². The van der Waals surface area contributed by atoms with Gasteiger partial charge in [-0.3, -0.25) is 0 Å². The maximum absolute atomic E-state index is 9.98. The molecule has 6 aromatic rings. The van der Waals surface area contributed by atoms with Crippen molar-refractivity contribution >= 4 is 22.1 Å². The third kappa shape index (κ3) is 3.55. The average molecular weight is 453 g/mol. The lowest BCUT2D eigenvalue weighted by Gasteiger charge is -2.06. The summed E-state index contributed by atoms with van der Waals surface area (Å²) in [6.45, 7) is 2.08. The zero-order valence-electron chi connectivity index (χ0n) is 19.5. The highest BCUT2D eigenvalue weighted by atomic mass is 16.3. The second-order valence-corrected chi connectivity index (χ2v) is 8.78. The normalized spacial score (nSPS) is 11.1. The summed E-state index contributed by atoms with van der Waals surface area (Å²) in [5, 5.41) is 11.8. The van der Waals surface area contributed by atoms with Gasteiger partial charge in [0.15, 0.2) is 11.8 Å². The fraction of sp³-hybridized carbons (Fsp3) is 0.0645. The van der Waals surface area contributed by atoms with E-state index in [9.17, 15) is 5.26 Å². The number of pyridine rings is 2. The smallest absolute Gasteiger partial charge is 0.227 e. The minimum absolute atomic E-state index is 0.529. The minimum Gasteiger partial charge on any atom is -0.437 e. The molecular weight excluding hydrogens is 430 g/mol. The van der Waals surface area contributed by atoms with E-state index in [0.29, 0.717) is 17.0 Å². The summed E-state index contributed by atoms with van der Waals surface area (Å²) in [6, 6.07) is 33.0. The minimum atomic E-state index is 0.529. The number of nitrogens with zero attached hydrogens (tertiary/aromatic N) is 3. The number of fused-ring (bicyclic) bond motifs is 3. The first kappa shape index (κ1) is 20.8. The first-order valence-corrected chi connectivity index (χ1v) is 11.5. The lowest BCUT2D eigenvalue weighted by Crippen LogP contribution is -2.29. The predicted molar refractivity (Wildman–Crippen MR) is 138 cm³/mol. The Kier molecular flexibility index (Phi) is 4.90. The van der Waals surface area contributed by atoms with E-state index in [-0.39, 0.29) is 0 Å². The van der Waals surface area contributed by atoms with Crippen LogP contribution in [0.3, 0.4) is 0 Å². The van der Waals surface area contributed by atoms with Gasteiger partial charge in [-0.2, -0.15) is 5.26 Å². The Morgan fingerprint density at radius 3 is 2.26 bits per heavy atom. The fourth-order valence-corrected chi connectivity index (χ4v) is 4.70. The molecule has 4 heteroatoms. The molecule has 0 aliphatic heterocycles. The molecule has 0 radical (unpaired) electrons. The van der Waals surface area contributed by atoms with Crippen LogP contribution in [0.15, 0.2) is 102 Å². The van der Waals surface area contributed by atoms with E-state index in [1.807, 2.05) is 61.8 Å². The third-order valence-corrected chi connectivity index (χ3v) is 6.43. The zero-order chi connectivity index (χ0) is 23.9. The van der Waals surface area contributed by atoms with Crippen molar-refractivity contribution in [1.82, 2.24) is 4.98 Å². The molecule has 0 saturated carbocycles. The monoisotopic (exact) mass is 452 g/mol. The van der Waals surface area contributed by atoms with Gasteiger partial charge >= 0.3 is 0 Å². The molecule has 6 rings (SSSR count). The maximum atomic E-state index is 9.98. The van der Waals surface area contributed by atoms with Gasteiger partial charge < -0.3 is 4.42 Å². The van der Waals surface area contributed by atoms with Crippen molar-refractivity contribution in [3.63, 3.8) is 0 Å². The van der Waals surface area contributed by atoms with E-state index >= 15 is 0 Å². The lowest BCUT2D eigenvalue weighted by molar-refractivity contribution is -0.660. The third-order valence-electron chi connectivity index (χ3n) is 6.43. The van der Waals surface area contributed by atoms with Crippen molar-refractivity contribution in [2.24, 2.45) is 7.05 Å². The summed E-state index contributed by atoms with van der Waals surface area (Å²) in [4.78, 5) is 4.85. The van der Waals surface area contributed by atoms with E-state index in [0.717, 1.165) is 49.9 Å². The molecule has 0 spiro atoms. The van der Waals surface area contributed by atoms with Crippen molar-refractivity contribution in [2.45, 2.75) is 6.92 Å². The Labute approximate surface area is 203 Å². The van der Waals surface area contributed by atoms with Gasteiger partial charge in [0.1, 0.15) is 13.1 Å². The summed E-state index contributed by atoms with van der Waals surface area (Å²) >= 11 is 0. The number of nitriles is 1. The second kappa shape index (κ2) is 8.23. The zero-order valence-corrected chi connectivity index (χ0v) is 19.5. The van der Waals surface area contributed by atoms with Crippen LogP contribution in [0.1, 0.15) is 11.1 Å². The van der Waals surface area contributed by atoms with Crippen LogP contribution < -0.4 is 4.57 Å². The van der Waals surface area contributed by atoms with Crippen LogP contribution >= 0.6 is 0 Å². The lowest BCUT2D eigenvalue weighted by atomic mass is 9.99. The molecular formula is C31H22N3O+. The summed E-state index contributed by atoms with van der Waals surface area (Å²) in [6.07, 6.45) is 2.02. The summed E-state index contributed by atoms with van der Waals surface area (Å²) < 4.78 is 8.45. The second-order valence-electron chi connectivity index (χ2n) is 8.78. The van der Waals surface area contributed by atoms with Crippen molar-refractivity contribution < 1.29 is 8.98 Å². The number of furan rings is 1. The van der Waals surface area contributed by atoms with Crippen LogP contribution in [-0.4, -0.2) is 4.98 Å². The molecule has 3 aromatic carbocycles. The van der Waals surface area contributed by atoms with Crippen LogP contribution in [0.2, 0.25) is 0 Å². The van der Waals surface area contributed by atoms with E-state index < -0.39 is 0 Å². The van der Waals surface area contributed by atoms with Gasteiger partial charge in [-0.05, 0) is 47.9 Å². The Morgan fingerprint density at radius 2 is 1.51 bits per heavy atom. The molecule has 0 aliphatic carbocycles. The number of aromatic nitrogens is 2. The van der Waals surface area contributed by atoms with Crippen molar-refractivity contribution in [3.8, 4) is 39.7 Å². The van der Waals surface area contributed by atoms with Crippen molar-refractivity contribution in [2.75, 3.05) is 0 Å². The van der Waals surface area contributed by atoms with Crippen LogP contribution in [0.5, 0.6) is 0 Å². The quantitative estimate of drug-likeness (QED) is 0.272. The Balaban J connectivity index is 1.54. The average Bonchev–Trinajstić information content (AvgIpc) is 3.25. The molecule has 0 saturated heterocycles. The highest BCUT2D eigenvalue weighted by molar-refractivity contribution is 6.09. The summed E-state index contributed by atoms with van der Waals surface area (Å²) in [5.41, 5.74) is 8.80. The first-order chi connectivity index (χ1) is 17.1. The molecule has 0 unspecified atom stereocenters. The number of rotatable bonds is 3. The summed E-state index contributed by atoms with van der Waals surface area (Å²) in [5.74, 6) is 0. The Morgan fingerprint density at radius 1 is 0.800 bits per heavy atom. The summed E-state index contributed by atoms with van der Waals surface area (Å²) in [7, 11) is 2.02. The highest BCUT2D eigenvalue weighted by Crippen LogP contribution is 2.37. The molecule has 3 heterocycles. The topological polar surface area (TPSA) is 53.7 Å². The fourth-order valence-electron chi connectivity index (χ4n) is 4.70. The van der Waals surface area contributed by atoms with E-state index in [4.69, 9.17) is 9.40 Å². The molecule has 0 aliphatic rings. The standard InChI is InChI=1S/C31H22N3O/c1-20-16-25-26-18-24(19-32)29(23-13-11-22(12-14-23)21-8-4-3-5-9-21)33-31(26)35-30(25)27(17-20)28-10-6-7-15-34(28)2/h3-18H,1-2H3/q+1. The molecule has 0 N–H and O–H groups in total. The van der Waals surface area contributed by atoms with Crippen LogP contribution in [0, 0.1) is 18.3 Å². The van der Waals surface area contributed by atoms with Crippen LogP contribution in [-0.2, 0) is 7.05 Å². The molecule has 0 fully saturated rings. The van der Waals surface area contributed by atoms with Crippen LogP contribution in [0.4, 0.5) is 0 Å². The van der Waals surface area contributed by atoms with Gasteiger partial charge in [-0.15, -0.1) is 0 Å². The molecule has 3 aromatic heterocycles. The number of benzene rings is 3. The highest BCUT2D eigenvalue weighted by Gasteiger charge is 2.21. The van der Waals surface area contributed by atoms with Gasteiger partial charge in [0, 0.05) is 28.5 Å². The Hall–Kier alpha value is -4.75. The molecule has 35 heavy (non-hydrogen) atoms. The van der Waals surface area contributed by atoms with Gasteiger partial charge in [-0.1, -0.05) is 54.6 Å². The molecule has 4 nitrogen and oxygen atoms in total. The Bertz CT molecular complexity index is 1760. The number of hydrogen-bond donors (Lipinski definition) is 0. The molecule has 0 atom stereocenters. The maximum Gasteiger partial charge on any atom is 0.227 e. The van der Waals surface area contributed by atoms with Gasteiger partial charge in [-0.25, -0.2) is 9.55 Å². The van der Waals surface area contributed by atoms with Crippen LogP contribution in [0.25, 0.3) is 55.7 Å². The van der Waals surface area contributed by atoms with Crippen molar-refractivity contribution in [1.29, 1.82) is 5.26 Å². The first-order valence-electron chi connectivity index (χ1n) is 11.5. The largest absolute Gasteiger partial charge is 0.437 e. The predicted octanol–water partition coefficient (Wildman–Crippen LogP) is 6.99. The molecule has 166 valence electrons. The van der Waals surface area contributed by atoms with E-state index in [1.54, 1.807) is 0 Å². The van der Waals surface area contributed by atoms with Gasteiger partial charge in [0.05, 0.1) is 16.8 Å². The van der Waals surface area contributed by atoms with E-state index in [2.05, 4.69) is 60.0 Å².